The molecule has 6 heteroatoms. The first kappa shape index (κ1) is 23.0. The van der Waals surface area contributed by atoms with Crippen LogP contribution in [0.3, 0.4) is 0 Å². The van der Waals surface area contributed by atoms with Crippen LogP contribution in [-0.2, 0) is 16.0 Å². The molecular weight excluding hydrogens is 428 g/mol. The third kappa shape index (κ3) is 4.62. The number of urea groups is 1. The van der Waals surface area contributed by atoms with Crippen molar-refractivity contribution in [1.82, 2.24) is 5.32 Å². The summed E-state index contributed by atoms with van der Waals surface area (Å²) in [4.78, 5) is 39.6. The number of anilines is 1. The van der Waals surface area contributed by atoms with Crippen LogP contribution in [0.4, 0.5) is 10.5 Å². The van der Waals surface area contributed by atoms with Crippen LogP contribution in [0.15, 0.2) is 66.2 Å². The molecule has 1 aliphatic heterocycles. The molecule has 3 aromatic carbocycles. The number of para-hydroxylation sites is 1. The second kappa shape index (κ2) is 9.35. The minimum absolute atomic E-state index is 0.102. The minimum Gasteiger partial charge on any atom is -0.497 e. The van der Waals surface area contributed by atoms with Crippen LogP contribution in [0, 0.1) is 20.8 Å². The van der Waals surface area contributed by atoms with Gasteiger partial charge in [0.2, 0.25) is 0 Å². The Morgan fingerprint density at radius 3 is 2.29 bits per heavy atom. The normalized spacial score (nSPS) is 15.0. The van der Waals surface area contributed by atoms with Crippen molar-refractivity contribution in [3.8, 4) is 5.75 Å². The van der Waals surface area contributed by atoms with Crippen LogP contribution < -0.4 is 15.0 Å². The summed E-state index contributed by atoms with van der Waals surface area (Å²) in [6.45, 7) is 5.90. The largest absolute Gasteiger partial charge is 0.497 e. The molecule has 0 aromatic heterocycles. The number of barbiturate groups is 1. The molecule has 4 rings (SSSR count). The Morgan fingerprint density at radius 1 is 0.912 bits per heavy atom. The number of benzene rings is 3. The van der Waals surface area contributed by atoms with E-state index in [1.54, 1.807) is 44.4 Å². The molecule has 0 spiro atoms. The van der Waals surface area contributed by atoms with E-state index in [1.807, 2.05) is 32.0 Å². The average Bonchev–Trinajstić information content (AvgIpc) is 2.78. The molecule has 0 bridgehead atoms. The van der Waals surface area contributed by atoms with Gasteiger partial charge in [0.1, 0.15) is 11.3 Å². The van der Waals surface area contributed by atoms with Gasteiger partial charge >= 0.3 is 6.03 Å². The van der Waals surface area contributed by atoms with Crippen LogP contribution in [0.2, 0.25) is 0 Å². The van der Waals surface area contributed by atoms with Gasteiger partial charge in [-0.25, -0.2) is 9.69 Å². The molecule has 172 valence electrons. The zero-order valence-electron chi connectivity index (χ0n) is 19.6. The van der Waals surface area contributed by atoms with Gasteiger partial charge in [0, 0.05) is 0 Å². The maximum atomic E-state index is 13.3. The highest BCUT2D eigenvalue weighted by molar-refractivity contribution is 6.39. The van der Waals surface area contributed by atoms with E-state index < -0.39 is 17.8 Å². The van der Waals surface area contributed by atoms with E-state index in [0.717, 1.165) is 32.7 Å². The molecule has 0 unspecified atom stereocenters. The lowest BCUT2D eigenvalue weighted by atomic mass is 9.95. The number of carbonyl (C=O) groups excluding carboxylic acids is 3. The van der Waals surface area contributed by atoms with Gasteiger partial charge in [-0.15, -0.1) is 0 Å². The van der Waals surface area contributed by atoms with E-state index >= 15 is 0 Å². The number of carbonyl (C=O) groups is 3. The molecule has 4 amide bonds. The lowest BCUT2D eigenvalue weighted by Crippen LogP contribution is -2.54. The van der Waals surface area contributed by atoms with Crippen molar-refractivity contribution in [2.45, 2.75) is 27.2 Å². The number of imide groups is 2. The van der Waals surface area contributed by atoms with Crippen LogP contribution in [0.1, 0.15) is 33.4 Å². The molecule has 1 saturated heterocycles. The Labute approximate surface area is 198 Å². The van der Waals surface area contributed by atoms with Gasteiger partial charge in [-0.2, -0.15) is 0 Å². The molecule has 0 aliphatic carbocycles. The Hall–Kier alpha value is -4.19. The van der Waals surface area contributed by atoms with Crippen LogP contribution >= 0.6 is 0 Å². The number of methoxy groups -OCH3 is 1. The first-order chi connectivity index (χ1) is 16.3. The predicted octanol–water partition coefficient (Wildman–Crippen LogP) is 4.88. The zero-order chi connectivity index (χ0) is 24.4. The van der Waals surface area contributed by atoms with Gasteiger partial charge in [0.05, 0.1) is 12.8 Å². The second-order valence-electron chi connectivity index (χ2n) is 8.48. The molecule has 0 radical (unpaired) electrons. The molecule has 1 aliphatic rings. The Bertz CT molecular complexity index is 1320. The number of hydrogen-bond acceptors (Lipinski definition) is 4. The van der Waals surface area contributed by atoms with E-state index in [4.69, 9.17) is 4.74 Å². The van der Waals surface area contributed by atoms with E-state index in [0.29, 0.717) is 23.4 Å². The smallest absolute Gasteiger partial charge is 0.335 e. The van der Waals surface area contributed by atoms with Gasteiger partial charge in [0.15, 0.2) is 0 Å². The number of ether oxygens (including phenoxy) is 1. The van der Waals surface area contributed by atoms with Crippen LogP contribution in [0.5, 0.6) is 5.75 Å². The highest BCUT2D eigenvalue weighted by Gasteiger charge is 2.37. The van der Waals surface area contributed by atoms with Crippen LogP contribution in [-0.4, -0.2) is 25.0 Å². The summed E-state index contributed by atoms with van der Waals surface area (Å²) in [5.74, 6) is -0.693. The lowest BCUT2D eigenvalue weighted by molar-refractivity contribution is -0.122. The number of nitrogens with one attached hydrogen (secondary N) is 1. The van der Waals surface area contributed by atoms with Gasteiger partial charge in [0.25, 0.3) is 11.8 Å². The molecule has 6 nitrogen and oxygen atoms in total. The van der Waals surface area contributed by atoms with Crippen LogP contribution in [0.25, 0.3) is 6.08 Å². The Morgan fingerprint density at radius 2 is 1.62 bits per heavy atom. The fraction of sp³-hybridized carbons (Fsp3) is 0.179. The zero-order valence-corrected chi connectivity index (χ0v) is 19.6. The predicted molar refractivity (Wildman–Crippen MR) is 132 cm³/mol. The van der Waals surface area contributed by atoms with E-state index in [2.05, 4.69) is 23.5 Å². The summed E-state index contributed by atoms with van der Waals surface area (Å²) in [5.41, 5.74) is 6.12. The minimum atomic E-state index is -0.758. The standard InChI is InChI=1S/C28H26N2O4/c1-17-11-18(2)13-20(12-17)14-22-15-23(34-4)10-9-21(22)16-24-26(31)29-28(33)30(27(24)32)25-8-6-5-7-19(25)3/h5-13,15-16H,14H2,1-4H3,(H,29,31,33)/b24-16+. The SMILES string of the molecule is COc1ccc(/C=C2\C(=O)NC(=O)N(c3ccccc3C)C2=O)c(Cc2cc(C)cc(C)c2)c1. The number of aryl methyl sites for hydroxylation is 3. The Kier molecular flexibility index (Phi) is 6.32. The number of nitrogens with zero attached hydrogens (tertiary/aromatic N) is 1. The first-order valence-corrected chi connectivity index (χ1v) is 11.0. The van der Waals surface area contributed by atoms with Crippen molar-refractivity contribution in [3.63, 3.8) is 0 Å². The lowest BCUT2D eigenvalue weighted by Gasteiger charge is -2.27. The summed E-state index contributed by atoms with van der Waals surface area (Å²) in [6, 6.07) is 18.1. The van der Waals surface area contributed by atoms with Gasteiger partial charge in [-0.05, 0) is 73.7 Å². The molecule has 0 saturated carbocycles. The van der Waals surface area contributed by atoms with Gasteiger partial charge in [-0.1, -0.05) is 53.6 Å². The molecule has 1 heterocycles. The summed E-state index contributed by atoms with van der Waals surface area (Å²) in [7, 11) is 1.60. The summed E-state index contributed by atoms with van der Waals surface area (Å²) in [6.07, 6.45) is 2.14. The van der Waals surface area contributed by atoms with Crippen molar-refractivity contribution in [2.24, 2.45) is 0 Å². The molecule has 1 fully saturated rings. The highest BCUT2D eigenvalue weighted by atomic mass is 16.5. The Balaban J connectivity index is 1.77. The highest BCUT2D eigenvalue weighted by Crippen LogP contribution is 2.28. The van der Waals surface area contributed by atoms with Crippen molar-refractivity contribution < 1.29 is 19.1 Å². The maximum Gasteiger partial charge on any atom is 0.335 e. The quantitative estimate of drug-likeness (QED) is 0.441. The molecule has 34 heavy (non-hydrogen) atoms. The summed E-state index contributed by atoms with van der Waals surface area (Å²) >= 11 is 0. The number of amides is 4. The summed E-state index contributed by atoms with van der Waals surface area (Å²) < 4.78 is 5.41. The van der Waals surface area contributed by atoms with Crippen molar-refractivity contribution in [3.05, 3.63) is 99.6 Å². The monoisotopic (exact) mass is 454 g/mol. The van der Waals surface area contributed by atoms with E-state index in [-0.39, 0.29) is 5.57 Å². The fourth-order valence-electron chi connectivity index (χ4n) is 4.24. The average molecular weight is 455 g/mol. The second-order valence-corrected chi connectivity index (χ2v) is 8.48. The molecule has 1 N–H and O–H groups in total. The third-order valence-electron chi connectivity index (χ3n) is 5.78. The van der Waals surface area contributed by atoms with Crippen molar-refractivity contribution >= 4 is 29.6 Å². The third-order valence-corrected chi connectivity index (χ3v) is 5.78. The maximum absolute atomic E-state index is 13.3. The summed E-state index contributed by atoms with van der Waals surface area (Å²) in [5, 5.41) is 2.30. The van der Waals surface area contributed by atoms with Crippen molar-refractivity contribution in [2.75, 3.05) is 12.0 Å². The topological polar surface area (TPSA) is 75.7 Å². The van der Waals surface area contributed by atoms with E-state index in [9.17, 15) is 14.4 Å². The number of hydrogen-bond donors (Lipinski definition) is 1. The fourth-order valence-corrected chi connectivity index (χ4v) is 4.24. The molecular formula is C28H26N2O4. The first-order valence-electron chi connectivity index (χ1n) is 11.0. The number of rotatable bonds is 5. The van der Waals surface area contributed by atoms with Gasteiger partial charge in [-0.3, -0.25) is 14.9 Å². The molecule has 0 atom stereocenters. The van der Waals surface area contributed by atoms with Crippen molar-refractivity contribution in [1.29, 1.82) is 0 Å². The van der Waals surface area contributed by atoms with Gasteiger partial charge < -0.3 is 4.74 Å². The molecule has 3 aromatic rings. The van der Waals surface area contributed by atoms with E-state index in [1.165, 1.54) is 0 Å².